The third-order valence-electron chi connectivity index (χ3n) is 4.24. The van der Waals surface area contributed by atoms with Crippen LogP contribution >= 0.6 is 0 Å². The number of hydrogen-bond acceptors (Lipinski definition) is 3. The number of aryl methyl sites for hydroxylation is 1. The van der Waals surface area contributed by atoms with Gasteiger partial charge in [0.1, 0.15) is 5.75 Å². The smallest absolute Gasteiger partial charge is 0.229 e. The molecule has 5 heteroatoms. The summed E-state index contributed by atoms with van der Waals surface area (Å²) < 4.78 is 0. The highest BCUT2D eigenvalue weighted by Crippen LogP contribution is 2.25. The van der Waals surface area contributed by atoms with Crippen LogP contribution in [-0.2, 0) is 16.1 Å². The fourth-order valence-corrected chi connectivity index (χ4v) is 2.83. The fourth-order valence-electron chi connectivity index (χ4n) is 2.83. The first-order valence-electron chi connectivity index (χ1n) is 7.95. The van der Waals surface area contributed by atoms with Crippen molar-refractivity contribution in [2.24, 2.45) is 5.92 Å². The Morgan fingerprint density at radius 1 is 1.21 bits per heavy atom. The highest BCUT2D eigenvalue weighted by atomic mass is 16.3. The van der Waals surface area contributed by atoms with Crippen molar-refractivity contribution in [3.8, 4) is 5.75 Å². The lowest BCUT2D eigenvalue weighted by atomic mass is 10.1. The molecule has 1 fully saturated rings. The van der Waals surface area contributed by atoms with E-state index < -0.39 is 5.92 Å². The molecule has 2 N–H and O–H groups in total. The molecule has 0 radical (unpaired) electrons. The van der Waals surface area contributed by atoms with E-state index in [-0.39, 0.29) is 24.0 Å². The van der Waals surface area contributed by atoms with Crippen molar-refractivity contribution in [2.75, 3.05) is 11.9 Å². The Kier molecular flexibility index (Phi) is 4.51. The zero-order valence-electron chi connectivity index (χ0n) is 13.5. The number of phenolic OH excluding ortho intramolecular Hbond substituents is 1. The van der Waals surface area contributed by atoms with E-state index in [1.54, 1.807) is 23.1 Å². The fraction of sp³-hybridized carbons (Fsp3) is 0.263. The molecular weight excluding hydrogens is 304 g/mol. The van der Waals surface area contributed by atoms with Crippen LogP contribution in [0.1, 0.15) is 17.5 Å². The lowest BCUT2D eigenvalue weighted by molar-refractivity contribution is -0.128. The van der Waals surface area contributed by atoms with Crippen molar-refractivity contribution < 1.29 is 14.7 Å². The molecule has 0 bridgehead atoms. The minimum Gasteiger partial charge on any atom is -0.506 e. The Morgan fingerprint density at radius 3 is 2.62 bits per heavy atom. The molecule has 24 heavy (non-hydrogen) atoms. The van der Waals surface area contributed by atoms with E-state index in [1.807, 2.05) is 31.2 Å². The number of phenols is 1. The zero-order valence-corrected chi connectivity index (χ0v) is 13.5. The zero-order chi connectivity index (χ0) is 17.1. The first-order chi connectivity index (χ1) is 11.5. The third-order valence-corrected chi connectivity index (χ3v) is 4.24. The standard InChI is InChI=1S/C19H20N2O3/c1-13-6-8-14(9-7-13)11-21-12-15(10-18(21)23)19(24)20-16-4-2-3-5-17(16)22/h2-9,15,22H,10-12H2,1H3,(H,20,24). The normalized spacial score (nSPS) is 17.1. The average Bonchev–Trinajstić information content (AvgIpc) is 2.93. The maximum atomic E-state index is 12.4. The van der Waals surface area contributed by atoms with Gasteiger partial charge in [-0.3, -0.25) is 9.59 Å². The van der Waals surface area contributed by atoms with E-state index in [2.05, 4.69) is 5.32 Å². The summed E-state index contributed by atoms with van der Waals surface area (Å²) in [6.45, 7) is 2.93. The molecule has 1 aliphatic heterocycles. The van der Waals surface area contributed by atoms with E-state index in [4.69, 9.17) is 0 Å². The van der Waals surface area contributed by atoms with Crippen molar-refractivity contribution in [1.82, 2.24) is 4.90 Å². The molecule has 5 nitrogen and oxygen atoms in total. The number of benzene rings is 2. The molecule has 124 valence electrons. The molecule has 1 heterocycles. The number of rotatable bonds is 4. The molecule has 0 aliphatic carbocycles. The van der Waals surface area contributed by atoms with Gasteiger partial charge in [0.15, 0.2) is 0 Å². The summed E-state index contributed by atoms with van der Waals surface area (Å²) in [7, 11) is 0. The molecule has 0 aromatic heterocycles. The van der Waals surface area contributed by atoms with Gasteiger partial charge >= 0.3 is 0 Å². The molecule has 2 amide bonds. The molecular formula is C19H20N2O3. The molecule has 1 aliphatic rings. The highest BCUT2D eigenvalue weighted by molar-refractivity contribution is 5.98. The van der Waals surface area contributed by atoms with Gasteiger partial charge in [-0.15, -0.1) is 0 Å². The van der Waals surface area contributed by atoms with Crippen LogP contribution in [0, 0.1) is 12.8 Å². The van der Waals surface area contributed by atoms with Gasteiger partial charge in [-0.25, -0.2) is 0 Å². The minimum absolute atomic E-state index is 0.0201. The van der Waals surface area contributed by atoms with Gasteiger partial charge < -0.3 is 15.3 Å². The Labute approximate surface area is 140 Å². The van der Waals surface area contributed by atoms with Crippen LogP contribution in [-0.4, -0.2) is 28.4 Å². The Bertz CT molecular complexity index is 755. The van der Waals surface area contributed by atoms with Crippen LogP contribution in [0.15, 0.2) is 48.5 Å². The lowest BCUT2D eigenvalue weighted by Gasteiger charge is -2.17. The van der Waals surface area contributed by atoms with Gasteiger partial charge in [-0.1, -0.05) is 42.0 Å². The summed E-state index contributed by atoms with van der Waals surface area (Å²) in [4.78, 5) is 26.2. The van der Waals surface area contributed by atoms with E-state index >= 15 is 0 Å². The number of hydrogen-bond donors (Lipinski definition) is 2. The predicted molar refractivity (Wildman–Crippen MR) is 91.4 cm³/mol. The Morgan fingerprint density at radius 2 is 1.92 bits per heavy atom. The molecule has 1 saturated heterocycles. The summed E-state index contributed by atoms with van der Waals surface area (Å²) in [6.07, 6.45) is 0.200. The highest BCUT2D eigenvalue weighted by Gasteiger charge is 2.34. The maximum Gasteiger partial charge on any atom is 0.229 e. The third kappa shape index (κ3) is 3.56. The van der Waals surface area contributed by atoms with E-state index in [0.29, 0.717) is 18.8 Å². The average molecular weight is 324 g/mol. The van der Waals surface area contributed by atoms with Crippen LogP contribution in [0.4, 0.5) is 5.69 Å². The Balaban J connectivity index is 1.62. The number of nitrogens with zero attached hydrogens (tertiary/aromatic N) is 1. The minimum atomic E-state index is -0.400. The largest absolute Gasteiger partial charge is 0.506 e. The van der Waals surface area contributed by atoms with Gasteiger partial charge in [0.05, 0.1) is 11.6 Å². The number of para-hydroxylation sites is 2. The van der Waals surface area contributed by atoms with Crippen LogP contribution in [0.2, 0.25) is 0 Å². The molecule has 2 aromatic carbocycles. The number of likely N-dealkylation sites (tertiary alicyclic amines) is 1. The summed E-state index contributed by atoms with van der Waals surface area (Å²) in [5.74, 6) is -0.640. The predicted octanol–water partition coefficient (Wildman–Crippen LogP) is 2.69. The number of nitrogens with one attached hydrogen (secondary N) is 1. The lowest BCUT2D eigenvalue weighted by Crippen LogP contribution is -2.28. The maximum absolute atomic E-state index is 12.4. The summed E-state index contributed by atoms with van der Waals surface area (Å²) >= 11 is 0. The van der Waals surface area contributed by atoms with Crippen LogP contribution < -0.4 is 5.32 Å². The van der Waals surface area contributed by atoms with Crippen LogP contribution in [0.25, 0.3) is 0 Å². The summed E-state index contributed by atoms with van der Waals surface area (Å²) in [6, 6.07) is 14.6. The summed E-state index contributed by atoms with van der Waals surface area (Å²) in [5, 5.41) is 12.4. The Hall–Kier alpha value is -2.82. The molecule has 1 atom stereocenters. The topological polar surface area (TPSA) is 69.6 Å². The number of aromatic hydroxyl groups is 1. The second-order valence-electron chi connectivity index (χ2n) is 6.17. The van der Waals surface area contributed by atoms with Crippen molar-refractivity contribution >= 4 is 17.5 Å². The van der Waals surface area contributed by atoms with Gasteiger partial charge in [-0.2, -0.15) is 0 Å². The number of anilines is 1. The van der Waals surface area contributed by atoms with Gasteiger partial charge in [0, 0.05) is 19.5 Å². The van der Waals surface area contributed by atoms with Gasteiger partial charge in [0.2, 0.25) is 11.8 Å². The molecule has 1 unspecified atom stereocenters. The van der Waals surface area contributed by atoms with Crippen molar-refractivity contribution in [3.05, 3.63) is 59.7 Å². The van der Waals surface area contributed by atoms with Crippen LogP contribution in [0.3, 0.4) is 0 Å². The molecule has 0 saturated carbocycles. The molecule has 2 aromatic rings. The first-order valence-corrected chi connectivity index (χ1v) is 7.95. The van der Waals surface area contributed by atoms with Crippen molar-refractivity contribution in [3.63, 3.8) is 0 Å². The second kappa shape index (κ2) is 6.74. The molecule has 0 spiro atoms. The monoisotopic (exact) mass is 324 g/mol. The number of carbonyl (C=O) groups is 2. The first kappa shape index (κ1) is 16.1. The SMILES string of the molecule is Cc1ccc(CN2CC(C(=O)Nc3ccccc3O)CC2=O)cc1. The molecule has 3 rings (SSSR count). The van der Waals surface area contributed by atoms with E-state index in [9.17, 15) is 14.7 Å². The van der Waals surface area contributed by atoms with Crippen molar-refractivity contribution in [2.45, 2.75) is 19.9 Å². The van der Waals surface area contributed by atoms with Crippen molar-refractivity contribution in [1.29, 1.82) is 0 Å². The van der Waals surface area contributed by atoms with E-state index in [0.717, 1.165) is 5.56 Å². The summed E-state index contributed by atoms with van der Waals surface area (Å²) in [5.41, 5.74) is 2.59. The quantitative estimate of drug-likeness (QED) is 0.850. The van der Waals surface area contributed by atoms with Gasteiger partial charge in [0.25, 0.3) is 0 Å². The van der Waals surface area contributed by atoms with Gasteiger partial charge in [-0.05, 0) is 24.6 Å². The number of amides is 2. The second-order valence-corrected chi connectivity index (χ2v) is 6.17. The van der Waals surface area contributed by atoms with E-state index in [1.165, 1.54) is 11.6 Å². The number of carbonyl (C=O) groups excluding carboxylic acids is 2. The van der Waals surface area contributed by atoms with Crippen LogP contribution in [0.5, 0.6) is 5.75 Å².